The van der Waals surface area contributed by atoms with Gasteiger partial charge in [-0.1, -0.05) is 12.1 Å². The van der Waals surface area contributed by atoms with Gasteiger partial charge in [0.15, 0.2) is 0 Å². The van der Waals surface area contributed by atoms with Crippen LogP contribution in [0.1, 0.15) is 13.8 Å². The second kappa shape index (κ2) is 9.22. The number of pyridine rings is 1. The number of aromatic nitrogens is 2. The third kappa shape index (κ3) is 5.64. The summed E-state index contributed by atoms with van der Waals surface area (Å²) in [7, 11) is 0. The fourth-order valence-corrected chi connectivity index (χ4v) is 3.43. The van der Waals surface area contributed by atoms with E-state index in [0.717, 1.165) is 28.2 Å². The lowest BCUT2D eigenvalue weighted by Crippen LogP contribution is -2.21. The molecule has 0 atom stereocenters. The van der Waals surface area contributed by atoms with Crippen LogP contribution in [0.15, 0.2) is 65.6 Å². The highest BCUT2D eigenvalue weighted by Gasteiger charge is 2.38. The first-order chi connectivity index (χ1) is 14.6. The summed E-state index contributed by atoms with van der Waals surface area (Å²) in [5.74, 6) is -1.86. The molecule has 4 aromatic rings. The van der Waals surface area contributed by atoms with E-state index in [1.807, 2.05) is 32.2 Å². The largest absolute Gasteiger partial charge is 0.491 e. The lowest BCUT2D eigenvalue weighted by Gasteiger charge is -2.10. The number of carboxylic acid groups (broad SMARTS) is 1. The van der Waals surface area contributed by atoms with Crippen molar-refractivity contribution in [1.82, 2.24) is 9.38 Å². The molecule has 1 aromatic carbocycles. The normalized spacial score (nSPS) is 11.3. The van der Waals surface area contributed by atoms with Crippen LogP contribution in [0.5, 0.6) is 5.75 Å². The van der Waals surface area contributed by atoms with E-state index < -0.39 is 12.1 Å². The number of alkyl halides is 3. The molecule has 3 aromatic heterocycles. The van der Waals surface area contributed by atoms with Crippen LogP contribution in [-0.2, 0) is 4.79 Å². The van der Waals surface area contributed by atoms with Crippen LogP contribution in [-0.4, -0.2) is 32.7 Å². The monoisotopic (exact) mass is 448 g/mol. The van der Waals surface area contributed by atoms with Crippen LogP contribution in [0, 0.1) is 0 Å². The van der Waals surface area contributed by atoms with Gasteiger partial charge in [0.25, 0.3) is 0 Å². The minimum absolute atomic E-state index is 0.188. The molecule has 0 aliphatic heterocycles. The highest BCUT2D eigenvalue weighted by Crippen LogP contribution is 2.27. The smallest absolute Gasteiger partial charge is 0.490 e. The van der Waals surface area contributed by atoms with E-state index in [2.05, 4.69) is 56.7 Å². The number of thiophene rings is 1. The Kier molecular flexibility index (Phi) is 6.65. The minimum atomic E-state index is -5.08. The predicted molar refractivity (Wildman–Crippen MR) is 113 cm³/mol. The molecule has 31 heavy (non-hydrogen) atoms. The van der Waals surface area contributed by atoms with Gasteiger partial charge < -0.3 is 9.84 Å². The molecule has 0 amide bonds. The fourth-order valence-electron chi connectivity index (χ4n) is 2.78. The van der Waals surface area contributed by atoms with Gasteiger partial charge in [-0.15, -0.1) is 0 Å². The van der Waals surface area contributed by atoms with Gasteiger partial charge in [-0.2, -0.15) is 24.5 Å². The molecule has 5 nitrogen and oxygen atoms in total. The summed E-state index contributed by atoms with van der Waals surface area (Å²) in [6.07, 6.45) is -0.878. The molecule has 0 bridgehead atoms. The summed E-state index contributed by atoms with van der Waals surface area (Å²) in [5.41, 5.74) is 5.60. The van der Waals surface area contributed by atoms with Gasteiger partial charge in [-0.05, 0) is 60.7 Å². The van der Waals surface area contributed by atoms with E-state index in [9.17, 15) is 13.2 Å². The standard InChI is InChI=1S/C20H18N2OS.C2HF3O2/c1-14(2)23-18-5-3-15(4-6-18)16-7-9-22-19(12-21-20(22)11-16)17-8-10-24-13-17;3-2(4,5)1(6)7/h3-14H,1-2H3;(H,6,7). The van der Waals surface area contributed by atoms with Crippen molar-refractivity contribution in [3.63, 3.8) is 0 Å². The van der Waals surface area contributed by atoms with Crippen LogP contribution in [0.3, 0.4) is 0 Å². The van der Waals surface area contributed by atoms with Gasteiger partial charge >= 0.3 is 12.1 Å². The van der Waals surface area contributed by atoms with Gasteiger partial charge in [0.1, 0.15) is 11.4 Å². The van der Waals surface area contributed by atoms with Crippen molar-refractivity contribution in [2.24, 2.45) is 0 Å². The van der Waals surface area contributed by atoms with Crippen molar-refractivity contribution in [3.05, 3.63) is 65.6 Å². The average Bonchev–Trinajstić information content (AvgIpc) is 3.37. The van der Waals surface area contributed by atoms with Crippen molar-refractivity contribution in [2.75, 3.05) is 0 Å². The second-order valence-electron chi connectivity index (χ2n) is 6.79. The Balaban J connectivity index is 0.000000339. The number of ether oxygens (including phenoxy) is 1. The van der Waals surface area contributed by atoms with Gasteiger partial charge in [-0.25, -0.2) is 9.78 Å². The predicted octanol–water partition coefficient (Wildman–Crippen LogP) is 6.15. The molecule has 0 spiro atoms. The van der Waals surface area contributed by atoms with E-state index in [4.69, 9.17) is 14.6 Å². The molecule has 1 N–H and O–H groups in total. The molecule has 0 aliphatic rings. The van der Waals surface area contributed by atoms with Gasteiger partial charge in [0.2, 0.25) is 0 Å². The van der Waals surface area contributed by atoms with Gasteiger partial charge in [0.05, 0.1) is 18.0 Å². The molecule has 0 aliphatic carbocycles. The molecule has 0 unspecified atom stereocenters. The Morgan fingerprint density at radius 2 is 1.77 bits per heavy atom. The Bertz CT molecular complexity index is 1150. The van der Waals surface area contributed by atoms with Crippen LogP contribution >= 0.6 is 11.3 Å². The highest BCUT2D eigenvalue weighted by atomic mass is 32.1. The van der Waals surface area contributed by atoms with Gasteiger partial charge in [0, 0.05) is 17.1 Å². The van der Waals surface area contributed by atoms with E-state index in [0.29, 0.717) is 0 Å². The molecule has 9 heteroatoms. The minimum Gasteiger partial charge on any atom is -0.491 e. The second-order valence-corrected chi connectivity index (χ2v) is 7.57. The van der Waals surface area contributed by atoms with E-state index in [1.54, 1.807) is 11.3 Å². The van der Waals surface area contributed by atoms with Crippen molar-refractivity contribution in [2.45, 2.75) is 26.1 Å². The fraction of sp³-hybridized carbons (Fsp3) is 0.182. The zero-order valence-electron chi connectivity index (χ0n) is 16.6. The number of aliphatic carboxylic acids is 1. The molecule has 0 radical (unpaired) electrons. The summed E-state index contributed by atoms with van der Waals surface area (Å²) in [6.45, 7) is 4.07. The van der Waals surface area contributed by atoms with E-state index >= 15 is 0 Å². The first-order valence-electron chi connectivity index (χ1n) is 9.22. The molecular formula is C22H19F3N2O3S. The Morgan fingerprint density at radius 3 is 2.32 bits per heavy atom. The lowest BCUT2D eigenvalue weighted by molar-refractivity contribution is -0.192. The summed E-state index contributed by atoms with van der Waals surface area (Å²) in [4.78, 5) is 13.5. The van der Waals surface area contributed by atoms with Crippen LogP contribution in [0.2, 0.25) is 0 Å². The van der Waals surface area contributed by atoms with E-state index in [-0.39, 0.29) is 6.10 Å². The number of benzene rings is 1. The molecular weight excluding hydrogens is 429 g/mol. The topological polar surface area (TPSA) is 63.8 Å². The number of carbonyl (C=O) groups is 1. The number of carboxylic acids is 1. The molecule has 162 valence electrons. The number of imidazole rings is 1. The zero-order chi connectivity index (χ0) is 22.6. The molecule has 0 saturated carbocycles. The maximum Gasteiger partial charge on any atom is 0.490 e. The summed E-state index contributed by atoms with van der Waals surface area (Å²) < 4.78 is 39.6. The maximum absolute atomic E-state index is 10.6. The van der Waals surface area contributed by atoms with Crippen LogP contribution < -0.4 is 4.74 Å². The number of fused-ring (bicyclic) bond motifs is 1. The SMILES string of the molecule is CC(C)Oc1ccc(-c2ccn3c(-c4ccsc4)cnc3c2)cc1.O=C(O)C(F)(F)F. The Morgan fingerprint density at radius 1 is 1.10 bits per heavy atom. The molecule has 0 fully saturated rings. The van der Waals surface area contributed by atoms with Crippen LogP contribution in [0.25, 0.3) is 28.0 Å². The number of hydrogen-bond donors (Lipinski definition) is 1. The third-order valence-electron chi connectivity index (χ3n) is 4.13. The molecule has 4 rings (SSSR count). The van der Waals surface area contributed by atoms with Gasteiger partial charge in [-0.3, -0.25) is 4.40 Å². The van der Waals surface area contributed by atoms with E-state index in [1.165, 1.54) is 5.56 Å². The first kappa shape index (κ1) is 22.4. The summed E-state index contributed by atoms with van der Waals surface area (Å²) in [6, 6.07) is 14.6. The van der Waals surface area contributed by atoms with Crippen molar-refractivity contribution < 1.29 is 27.8 Å². The number of halogens is 3. The number of hydrogen-bond acceptors (Lipinski definition) is 4. The first-order valence-corrected chi connectivity index (χ1v) is 10.2. The maximum atomic E-state index is 10.6. The summed E-state index contributed by atoms with van der Waals surface area (Å²) >= 11 is 1.70. The molecule has 0 saturated heterocycles. The number of rotatable bonds is 4. The molecule has 3 heterocycles. The average molecular weight is 448 g/mol. The number of nitrogens with zero attached hydrogens (tertiary/aromatic N) is 2. The third-order valence-corrected chi connectivity index (χ3v) is 4.82. The highest BCUT2D eigenvalue weighted by molar-refractivity contribution is 7.08. The van der Waals surface area contributed by atoms with Crippen molar-refractivity contribution in [1.29, 1.82) is 0 Å². The van der Waals surface area contributed by atoms with Crippen LogP contribution in [0.4, 0.5) is 13.2 Å². The van der Waals surface area contributed by atoms with Crippen molar-refractivity contribution >= 4 is 23.0 Å². The Hall–Kier alpha value is -3.33. The summed E-state index contributed by atoms with van der Waals surface area (Å²) in [5, 5.41) is 11.4. The lowest BCUT2D eigenvalue weighted by atomic mass is 10.1. The Labute approximate surface area is 180 Å². The quantitative estimate of drug-likeness (QED) is 0.407. The zero-order valence-corrected chi connectivity index (χ0v) is 17.4. The van der Waals surface area contributed by atoms with Crippen molar-refractivity contribution in [3.8, 4) is 28.1 Å².